The molecule has 1 amide bonds. The first-order chi connectivity index (χ1) is 5.26. The van der Waals surface area contributed by atoms with Gasteiger partial charge in [-0.2, -0.15) is 0 Å². The van der Waals surface area contributed by atoms with Gasteiger partial charge < -0.3 is 15.7 Å². The first-order valence-electron chi connectivity index (χ1n) is 3.85. The summed E-state index contributed by atoms with van der Waals surface area (Å²) in [5.41, 5.74) is 5.28. The standard InChI is InChI=1S/C7H16N2O2/c1-2-7(11)9(4-3-8)5-6-10/h10H,2-6,8H2,1H3. The minimum atomic E-state index is 0.00569. The van der Waals surface area contributed by atoms with E-state index < -0.39 is 0 Å². The van der Waals surface area contributed by atoms with Crippen LogP contribution >= 0.6 is 0 Å². The molecule has 0 radical (unpaired) electrons. The number of rotatable bonds is 5. The lowest BCUT2D eigenvalue weighted by atomic mass is 10.3. The molecule has 0 rings (SSSR count). The summed E-state index contributed by atoms with van der Waals surface area (Å²) in [4.78, 5) is 12.6. The van der Waals surface area contributed by atoms with Gasteiger partial charge in [-0.15, -0.1) is 0 Å². The second-order valence-corrected chi connectivity index (χ2v) is 2.25. The number of carbonyl (C=O) groups is 1. The van der Waals surface area contributed by atoms with E-state index >= 15 is 0 Å². The Hall–Kier alpha value is -0.610. The zero-order valence-corrected chi connectivity index (χ0v) is 6.92. The molecule has 4 nitrogen and oxygen atoms in total. The maximum absolute atomic E-state index is 11.1. The van der Waals surface area contributed by atoms with Crippen LogP contribution in [0.5, 0.6) is 0 Å². The van der Waals surface area contributed by atoms with Crippen LogP contribution in [0.4, 0.5) is 0 Å². The highest BCUT2D eigenvalue weighted by molar-refractivity contribution is 5.75. The molecule has 0 aromatic carbocycles. The number of hydrogen-bond donors (Lipinski definition) is 2. The second kappa shape index (κ2) is 6.12. The lowest BCUT2D eigenvalue weighted by molar-refractivity contribution is -0.131. The first kappa shape index (κ1) is 10.4. The van der Waals surface area contributed by atoms with Crippen molar-refractivity contribution in [1.82, 2.24) is 4.90 Å². The van der Waals surface area contributed by atoms with Gasteiger partial charge in [0, 0.05) is 26.1 Å². The summed E-state index contributed by atoms with van der Waals surface area (Å²) in [5, 5.41) is 8.57. The molecule has 0 fully saturated rings. The second-order valence-electron chi connectivity index (χ2n) is 2.25. The predicted molar refractivity (Wildman–Crippen MR) is 43.0 cm³/mol. The minimum absolute atomic E-state index is 0.00569. The highest BCUT2D eigenvalue weighted by Crippen LogP contribution is 1.91. The zero-order valence-electron chi connectivity index (χ0n) is 6.92. The molecule has 4 heteroatoms. The van der Waals surface area contributed by atoms with Crippen molar-refractivity contribution < 1.29 is 9.90 Å². The molecule has 66 valence electrons. The van der Waals surface area contributed by atoms with Crippen LogP contribution in [-0.4, -0.2) is 42.2 Å². The van der Waals surface area contributed by atoms with Crippen molar-refractivity contribution in [3.63, 3.8) is 0 Å². The van der Waals surface area contributed by atoms with Crippen molar-refractivity contribution in [2.75, 3.05) is 26.2 Å². The third-order valence-corrected chi connectivity index (χ3v) is 1.42. The van der Waals surface area contributed by atoms with E-state index in [0.717, 1.165) is 0 Å². The Kier molecular flexibility index (Phi) is 5.78. The van der Waals surface area contributed by atoms with Crippen LogP contribution in [0.25, 0.3) is 0 Å². The third-order valence-electron chi connectivity index (χ3n) is 1.42. The fourth-order valence-electron chi connectivity index (χ4n) is 0.861. The average molecular weight is 160 g/mol. The quantitative estimate of drug-likeness (QED) is 0.552. The molecule has 0 aromatic heterocycles. The molecule has 0 saturated heterocycles. The van der Waals surface area contributed by atoms with Gasteiger partial charge in [0.25, 0.3) is 0 Å². The van der Waals surface area contributed by atoms with Gasteiger partial charge in [-0.1, -0.05) is 6.92 Å². The van der Waals surface area contributed by atoms with Crippen molar-refractivity contribution in [3.8, 4) is 0 Å². The van der Waals surface area contributed by atoms with Crippen LogP contribution in [0.1, 0.15) is 13.3 Å². The van der Waals surface area contributed by atoms with E-state index in [1.54, 1.807) is 11.8 Å². The van der Waals surface area contributed by atoms with Crippen LogP contribution in [-0.2, 0) is 4.79 Å². The van der Waals surface area contributed by atoms with Crippen molar-refractivity contribution in [1.29, 1.82) is 0 Å². The number of hydrogen-bond acceptors (Lipinski definition) is 3. The molecular weight excluding hydrogens is 144 g/mol. The highest BCUT2D eigenvalue weighted by Gasteiger charge is 2.08. The molecule has 0 atom stereocenters. The largest absolute Gasteiger partial charge is 0.395 e. The topological polar surface area (TPSA) is 66.6 Å². The number of nitrogens with zero attached hydrogens (tertiary/aromatic N) is 1. The average Bonchev–Trinajstić information content (AvgIpc) is 2.03. The lowest BCUT2D eigenvalue weighted by Gasteiger charge is -2.19. The number of carbonyl (C=O) groups excluding carboxylic acids is 1. The maximum atomic E-state index is 11.1. The zero-order chi connectivity index (χ0) is 8.69. The van der Waals surface area contributed by atoms with Crippen molar-refractivity contribution in [2.24, 2.45) is 5.73 Å². The van der Waals surface area contributed by atoms with E-state index in [0.29, 0.717) is 26.1 Å². The van der Waals surface area contributed by atoms with E-state index in [1.807, 2.05) is 0 Å². The summed E-state index contributed by atoms with van der Waals surface area (Å²) in [5.74, 6) is 0.0458. The van der Waals surface area contributed by atoms with Gasteiger partial charge in [-0.05, 0) is 0 Å². The SMILES string of the molecule is CCC(=O)N(CCN)CCO. The van der Waals surface area contributed by atoms with Gasteiger partial charge >= 0.3 is 0 Å². The summed E-state index contributed by atoms with van der Waals surface area (Å²) in [6.07, 6.45) is 0.472. The number of aliphatic hydroxyl groups excluding tert-OH is 1. The third kappa shape index (κ3) is 3.95. The molecule has 0 saturated carbocycles. The summed E-state index contributed by atoms with van der Waals surface area (Å²) in [7, 11) is 0. The summed E-state index contributed by atoms with van der Waals surface area (Å²) in [6, 6.07) is 0. The normalized spacial score (nSPS) is 9.73. The molecule has 0 heterocycles. The van der Waals surface area contributed by atoms with E-state index in [1.165, 1.54) is 0 Å². The van der Waals surface area contributed by atoms with Gasteiger partial charge in [0.2, 0.25) is 5.91 Å². The van der Waals surface area contributed by atoms with Crippen LogP contribution in [0.15, 0.2) is 0 Å². The van der Waals surface area contributed by atoms with E-state index in [4.69, 9.17) is 10.8 Å². The van der Waals surface area contributed by atoms with Gasteiger partial charge in [-0.3, -0.25) is 4.79 Å². The van der Waals surface area contributed by atoms with Gasteiger partial charge in [0.05, 0.1) is 6.61 Å². The van der Waals surface area contributed by atoms with E-state index in [9.17, 15) is 4.79 Å². The minimum Gasteiger partial charge on any atom is -0.395 e. The molecule has 11 heavy (non-hydrogen) atoms. The Morgan fingerprint density at radius 1 is 1.55 bits per heavy atom. The van der Waals surface area contributed by atoms with Crippen LogP contribution in [0.2, 0.25) is 0 Å². The molecule has 0 spiro atoms. The predicted octanol–water partition coefficient (Wildman–Crippen LogP) is -0.824. The number of aliphatic hydroxyl groups is 1. The van der Waals surface area contributed by atoms with Crippen molar-refractivity contribution in [3.05, 3.63) is 0 Å². The smallest absolute Gasteiger partial charge is 0.222 e. The summed E-state index contributed by atoms with van der Waals surface area (Å²) >= 11 is 0. The van der Waals surface area contributed by atoms with Gasteiger partial charge in [0.15, 0.2) is 0 Å². The highest BCUT2D eigenvalue weighted by atomic mass is 16.3. The van der Waals surface area contributed by atoms with Gasteiger partial charge in [0.1, 0.15) is 0 Å². The van der Waals surface area contributed by atoms with E-state index in [-0.39, 0.29) is 12.5 Å². The maximum Gasteiger partial charge on any atom is 0.222 e. The first-order valence-corrected chi connectivity index (χ1v) is 3.85. The Balaban J connectivity index is 3.76. The fraction of sp³-hybridized carbons (Fsp3) is 0.857. The fourth-order valence-corrected chi connectivity index (χ4v) is 0.861. The molecule has 0 aromatic rings. The Bertz CT molecular complexity index is 111. The van der Waals surface area contributed by atoms with Crippen LogP contribution in [0, 0.1) is 0 Å². The van der Waals surface area contributed by atoms with Crippen molar-refractivity contribution in [2.45, 2.75) is 13.3 Å². The molecule has 0 bridgehead atoms. The van der Waals surface area contributed by atoms with Crippen LogP contribution < -0.4 is 5.73 Å². The monoisotopic (exact) mass is 160 g/mol. The molecule has 0 aliphatic heterocycles. The Morgan fingerprint density at radius 3 is 2.55 bits per heavy atom. The summed E-state index contributed by atoms with van der Waals surface area (Å²) < 4.78 is 0. The molecule has 3 N–H and O–H groups in total. The lowest BCUT2D eigenvalue weighted by Crippen LogP contribution is -2.36. The molecule has 0 unspecified atom stereocenters. The Labute approximate surface area is 67.0 Å². The number of amides is 1. The van der Waals surface area contributed by atoms with Gasteiger partial charge in [-0.25, -0.2) is 0 Å². The molecular formula is C7H16N2O2. The Morgan fingerprint density at radius 2 is 2.18 bits per heavy atom. The van der Waals surface area contributed by atoms with Crippen LogP contribution in [0.3, 0.4) is 0 Å². The summed E-state index contributed by atoms with van der Waals surface area (Å²) in [6.45, 7) is 3.18. The number of nitrogens with two attached hydrogens (primary N) is 1. The van der Waals surface area contributed by atoms with E-state index in [2.05, 4.69) is 0 Å². The van der Waals surface area contributed by atoms with Crippen molar-refractivity contribution >= 4 is 5.91 Å². The molecule has 0 aliphatic carbocycles. The molecule has 0 aliphatic rings.